The molecule has 0 radical (unpaired) electrons. The fraction of sp³-hybridized carbons (Fsp3) is 0.353. The van der Waals surface area contributed by atoms with Crippen molar-refractivity contribution in [1.29, 1.82) is 0 Å². The minimum Gasteiger partial charge on any atom is -0.465 e. The minimum absolute atomic E-state index is 0.102. The molecule has 1 aromatic carbocycles. The van der Waals surface area contributed by atoms with E-state index in [1.54, 1.807) is 0 Å². The number of hydrogen-bond donors (Lipinski definition) is 1. The molecule has 1 heterocycles. The predicted octanol–water partition coefficient (Wildman–Crippen LogP) is 2.73. The number of furan rings is 1. The monoisotopic (exact) mass is 286 g/mol. The normalized spacial score (nSPS) is 10.6. The molecule has 0 bridgehead atoms. The molecular weight excluding hydrogens is 264 g/mol. The van der Waals surface area contributed by atoms with Gasteiger partial charge in [-0.3, -0.25) is 4.79 Å². The maximum atomic E-state index is 12.2. The molecule has 21 heavy (non-hydrogen) atoms. The Morgan fingerprint density at radius 3 is 2.57 bits per heavy atom. The summed E-state index contributed by atoms with van der Waals surface area (Å²) in [5.41, 5.74) is 1.15. The summed E-state index contributed by atoms with van der Waals surface area (Å²) in [7, 11) is 0. The van der Waals surface area contributed by atoms with Gasteiger partial charge in [-0.15, -0.1) is 0 Å². The third kappa shape index (κ3) is 4.76. The zero-order chi connectivity index (χ0) is 15.1. The molecule has 0 fully saturated rings. The lowest BCUT2D eigenvalue weighted by molar-refractivity contribution is -0.130. The molecule has 1 amide bonds. The van der Waals surface area contributed by atoms with E-state index in [0.29, 0.717) is 26.2 Å². The Labute approximate surface area is 125 Å². The molecule has 0 aliphatic rings. The highest BCUT2D eigenvalue weighted by Crippen LogP contribution is 2.06. The van der Waals surface area contributed by atoms with Crippen LogP contribution in [0.1, 0.15) is 24.0 Å². The van der Waals surface area contributed by atoms with Gasteiger partial charge in [0.05, 0.1) is 13.1 Å². The Morgan fingerprint density at radius 1 is 1.19 bits per heavy atom. The topological polar surface area (TPSA) is 45.5 Å². The van der Waals surface area contributed by atoms with Gasteiger partial charge in [-0.05, 0) is 31.5 Å². The third-order valence-electron chi connectivity index (χ3n) is 3.32. The van der Waals surface area contributed by atoms with Crippen molar-refractivity contribution in [2.24, 2.45) is 0 Å². The van der Waals surface area contributed by atoms with E-state index in [2.05, 4.69) is 5.32 Å². The Kier molecular flexibility index (Phi) is 5.58. The number of benzene rings is 1. The van der Waals surface area contributed by atoms with Crippen LogP contribution in [0.25, 0.3) is 0 Å². The molecule has 0 unspecified atom stereocenters. The smallest absolute Gasteiger partial charge is 0.236 e. The number of rotatable bonds is 7. The summed E-state index contributed by atoms with van der Waals surface area (Å²) in [5.74, 6) is 1.84. The summed E-state index contributed by atoms with van der Waals surface area (Å²) >= 11 is 0. The highest BCUT2D eigenvalue weighted by molar-refractivity contribution is 5.78. The second-order valence-electron chi connectivity index (χ2n) is 5.01. The van der Waals surface area contributed by atoms with E-state index in [9.17, 15) is 4.79 Å². The molecule has 4 heteroatoms. The lowest BCUT2D eigenvalue weighted by Gasteiger charge is -2.21. The molecule has 4 nitrogen and oxygen atoms in total. The van der Waals surface area contributed by atoms with Crippen LogP contribution < -0.4 is 5.32 Å². The highest BCUT2D eigenvalue weighted by atomic mass is 16.3. The van der Waals surface area contributed by atoms with Crippen molar-refractivity contribution < 1.29 is 9.21 Å². The SMILES string of the molecule is CCN(Cc1ccccc1)C(=O)CNCc1ccc(C)o1. The van der Waals surface area contributed by atoms with Crippen LogP contribution in [0, 0.1) is 6.92 Å². The van der Waals surface area contributed by atoms with Crippen LogP contribution in [0.2, 0.25) is 0 Å². The van der Waals surface area contributed by atoms with Crippen LogP contribution in [-0.2, 0) is 17.9 Å². The van der Waals surface area contributed by atoms with Crippen molar-refractivity contribution in [3.63, 3.8) is 0 Å². The van der Waals surface area contributed by atoms with Gasteiger partial charge in [-0.1, -0.05) is 30.3 Å². The maximum Gasteiger partial charge on any atom is 0.236 e. The number of carbonyl (C=O) groups excluding carboxylic acids is 1. The summed E-state index contributed by atoms with van der Waals surface area (Å²) in [5, 5.41) is 3.13. The maximum absolute atomic E-state index is 12.2. The molecule has 0 atom stereocenters. The van der Waals surface area contributed by atoms with E-state index >= 15 is 0 Å². The van der Waals surface area contributed by atoms with Gasteiger partial charge in [-0.25, -0.2) is 0 Å². The van der Waals surface area contributed by atoms with Gasteiger partial charge in [-0.2, -0.15) is 0 Å². The Morgan fingerprint density at radius 2 is 1.95 bits per heavy atom. The molecule has 1 aromatic heterocycles. The summed E-state index contributed by atoms with van der Waals surface area (Å²) < 4.78 is 5.46. The summed E-state index contributed by atoms with van der Waals surface area (Å²) in [6.45, 7) is 6.15. The molecule has 2 aromatic rings. The van der Waals surface area contributed by atoms with Crippen molar-refractivity contribution in [3.8, 4) is 0 Å². The second-order valence-corrected chi connectivity index (χ2v) is 5.01. The molecule has 2 rings (SSSR count). The lowest BCUT2D eigenvalue weighted by atomic mass is 10.2. The predicted molar refractivity (Wildman–Crippen MR) is 82.7 cm³/mol. The standard InChI is InChI=1S/C17H22N2O2/c1-3-19(13-15-7-5-4-6-8-15)17(20)12-18-11-16-10-9-14(2)21-16/h4-10,18H,3,11-13H2,1-2H3. The first-order valence-electron chi connectivity index (χ1n) is 7.26. The number of carbonyl (C=O) groups is 1. The molecule has 0 aliphatic heterocycles. The average Bonchev–Trinajstić information content (AvgIpc) is 2.91. The summed E-state index contributed by atoms with van der Waals surface area (Å²) in [6.07, 6.45) is 0. The van der Waals surface area contributed by atoms with Gasteiger partial charge < -0.3 is 14.6 Å². The molecule has 112 valence electrons. The van der Waals surface area contributed by atoms with E-state index in [1.165, 1.54) is 0 Å². The lowest BCUT2D eigenvalue weighted by Crippen LogP contribution is -2.37. The molecule has 1 N–H and O–H groups in total. The van der Waals surface area contributed by atoms with E-state index in [0.717, 1.165) is 17.1 Å². The summed E-state index contributed by atoms with van der Waals surface area (Å²) in [6, 6.07) is 13.9. The first kappa shape index (κ1) is 15.3. The quantitative estimate of drug-likeness (QED) is 0.851. The fourth-order valence-electron chi connectivity index (χ4n) is 2.16. The Hall–Kier alpha value is -2.07. The number of nitrogens with one attached hydrogen (secondary N) is 1. The van der Waals surface area contributed by atoms with Gasteiger partial charge in [0.25, 0.3) is 0 Å². The van der Waals surface area contributed by atoms with Gasteiger partial charge in [0.15, 0.2) is 0 Å². The van der Waals surface area contributed by atoms with Crippen molar-refractivity contribution in [1.82, 2.24) is 10.2 Å². The van der Waals surface area contributed by atoms with Gasteiger partial charge in [0.1, 0.15) is 11.5 Å². The molecule has 0 aliphatic carbocycles. The van der Waals surface area contributed by atoms with E-state index in [-0.39, 0.29) is 5.91 Å². The van der Waals surface area contributed by atoms with Crippen LogP contribution in [0.15, 0.2) is 46.9 Å². The Bertz CT molecular complexity index is 563. The van der Waals surface area contributed by atoms with Gasteiger partial charge in [0, 0.05) is 13.1 Å². The molecule has 0 spiro atoms. The van der Waals surface area contributed by atoms with Crippen molar-refractivity contribution in [2.75, 3.05) is 13.1 Å². The summed E-state index contributed by atoms with van der Waals surface area (Å²) in [4.78, 5) is 14.0. The van der Waals surface area contributed by atoms with Crippen molar-refractivity contribution in [3.05, 3.63) is 59.5 Å². The number of hydrogen-bond acceptors (Lipinski definition) is 3. The van der Waals surface area contributed by atoms with Gasteiger partial charge >= 0.3 is 0 Å². The highest BCUT2D eigenvalue weighted by Gasteiger charge is 2.11. The Balaban J connectivity index is 1.80. The third-order valence-corrected chi connectivity index (χ3v) is 3.32. The first-order chi connectivity index (χ1) is 10.2. The van der Waals surface area contributed by atoms with E-state index in [1.807, 2.05) is 61.2 Å². The molecular formula is C17H22N2O2. The number of aryl methyl sites for hydroxylation is 1. The van der Waals surface area contributed by atoms with Crippen molar-refractivity contribution in [2.45, 2.75) is 26.9 Å². The zero-order valence-electron chi connectivity index (χ0n) is 12.6. The average molecular weight is 286 g/mol. The largest absolute Gasteiger partial charge is 0.465 e. The van der Waals surface area contributed by atoms with E-state index < -0.39 is 0 Å². The fourth-order valence-corrected chi connectivity index (χ4v) is 2.16. The van der Waals surface area contributed by atoms with Crippen LogP contribution in [0.4, 0.5) is 0 Å². The minimum atomic E-state index is 0.102. The number of amides is 1. The number of nitrogens with zero attached hydrogens (tertiary/aromatic N) is 1. The molecule has 0 saturated heterocycles. The zero-order valence-corrected chi connectivity index (χ0v) is 12.6. The second kappa shape index (κ2) is 7.64. The van der Waals surface area contributed by atoms with Crippen molar-refractivity contribution >= 4 is 5.91 Å². The first-order valence-corrected chi connectivity index (χ1v) is 7.26. The van der Waals surface area contributed by atoms with Crippen LogP contribution in [-0.4, -0.2) is 23.9 Å². The van der Waals surface area contributed by atoms with Gasteiger partial charge in [0.2, 0.25) is 5.91 Å². The molecule has 0 saturated carbocycles. The van der Waals surface area contributed by atoms with Crippen LogP contribution in [0.5, 0.6) is 0 Å². The van der Waals surface area contributed by atoms with Crippen LogP contribution >= 0.6 is 0 Å². The van der Waals surface area contributed by atoms with Crippen LogP contribution in [0.3, 0.4) is 0 Å². The number of likely N-dealkylation sites (N-methyl/N-ethyl adjacent to an activating group) is 1. The van der Waals surface area contributed by atoms with E-state index in [4.69, 9.17) is 4.42 Å².